The Balaban J connectivity index is 1.44. The Morgan fingerprint density at radius 2 is 1.68 bits per heavy atom. The van der Waals surface area contributed by atoms with Crippen molar-refractivity contribution in [1.29, 1.82) is 0 Å². The summed E-state index contributed by atoms with van der Waals surface area (Å²) < 4.78 is 46.2. The quantitative estimate of drug-likeness (QED) is 0.363. The zero-order valence-electron chi connectivity index (χ0n) is 17.7. The van der Waals surface area contributed by atoms with Crippen molar-refractivity contribution >= 4 is 39.7 Å². The third kappa shape index (κ3) is 5.01. The lowest BCUT2D eigenvalue weighted by atomic mass is 10.0. The number of ether oxygens (including phenoxy) is 1. The van der Waals surface area contributed by atoms with Gasteiger partial charge < -0.3 is 14.5 Å². The number of amides is 1. The number of nitro benzene ring substituents is 1. The molecule has 4 rings (SSSR count). The van der Waals surface area contributed by atoms with E-state index in [4.69, 9.17) is 16.3 Å². The molecular weight excluding hydrogens is 475 g/mol. The molecule has 0 radical (unpaired) electrons. The average Bonchev–Trinajstić information content (AvgIpc) is 2.81. The van der Waals surface area contributed by atoms with Gasteiger partial charge in [-0.3, -0.25) is 14.9 Å². The predicted molar refractivity (Wildman–Crippen MR) is 121 cm³/mol. The molecule has 0 bridgehead atoms. The fourth-order valence-electron chi connectivity index (χ4n) is 3.93. The molecule has 1 saturated heterocycles. The highest BCUT2D eigenvalue weighted by Gasteiger charge is 2.40. The van der Waals surface area contributed by atoms with Gasteiger partial charge in [-0.05, 0) is 47.9 Å². The number of anilines is 1. The zero-order valence-corrected chi connectivity index (χ0v) is 18.5. The predicted octanol–water partition coefficient (Wildman–Crippen LogP) is 5.15. The van der Waals surface area contributed by atoms with E-state index in [1.807, 2.05) is 12.1 Å². The molecule has 1 aliphatic rings. The molecule has 3 aromatic rings. The van der Waals surface area contributed by atoms with E-state index < -0.39 is 22.4 Å². The number of rotatable bonds is 5. The van der Waals surface area contributed by atoms with Crippen molar-refractivity contribution in [2.24, 2.45) is 0 Å². The number of halogens is 4. The summed E-state index contributed by atoms with van der Waals surface area (Å²) in [6, 6.07) is 13.4. The van der Waals surface area contributed by atoms with Crippen molar-refractivity contribution in [1.82, 2.24) is 4.90 Å². The number of hydrogen-bond acceptors (Lipinski definition) is 5. The summed E-state index contributed by atoms with van der Waals surface area (Å²) in [6.45, 7) is 1.80. The van der Waals surface area contributed by atoms with Crippen molar-refractivity contribution in [3.8, 4) is 5.75 Å². The Morgan fingerprint density at radius 1 is 1.03 bits per heavy atom. The second-order valence-corrected chi connectivity index (χ2v) is 8.17. The first-order valence-corrected chi connectivity index (χ1v) is 10.7. The first kappa shape index (κ1) is 23.6. The van der Waals surface area contributed by atoms with E-state index in [0.29, 0.717) is 31.2 Å². The number of fused-ring (bicyclic) bond motifs is 1. The summed E-state index contributed by atoms with van der Waals surface area (Å²) in [5, 5.41) is 11.6. The van der Waals surface area contributed by atoms with Crippen LogP contribution >= 0.6 is 11.6 Å². The second kappa shape index (κ2) is 9.38. The molecule has 0 unspecified atom stereocenters. The number of carbonyl (C=O) groups is 1. The van der Waals surface area contributed by atoms with E-state index in [0.717, 1.165) is 17.8 Å². The lowest BCUT2D eigenvalue weighted by molar-refractivity contribution is -0.387. The fraction of sp³-hybridized carbons (Fsp3) is 0.261. The van der Waals surface area contributed by atoms with Crippen molar-refractivity contribution < 1.29 is 27.6 Å². The summed E-state index contributed by atoms with van der Waals surface area (Å²) in [5.41, 5.74) is -1.38. The maximum Gasteiger partial charge on any atom is 0.423 e. The molecule has 11 heteroatoms. The molecule has 0 atom stereocenters. The molecular formula is C23H19ClF3N3O4. The van der Waals surface area contributed by atoms with Gasteiger partial charge in [-0.2, -0.15) is 13.2 Å². The number of benzene rings is 3. The molecule has 0 aliphatic carbocycles. The van der Waals surface area contributed by atoms with Gasteiger partial charge in [0.25, 0.3) is 11.6 Å². The third-order valence-corrected chi connectivity index (χ3v) is 5.89. The molecule has 1 amide bonds. The molecule has 1 aliphatic heterocycles. The van der Waals surface area contributed by atoms with Crippen molar-refractivity contribution in [2.75, 3.05) is 37.7 Å². The van der Waals surface area contributed by atoms with Gasteiger partial charge in [-0.1, -0.05) is 17.7 Å². The van der Waals surface area contributed by atoms with Gasteiger partial charge in [-0.25, -0.2) is 0 Å². The molecule has 0 saturated carbocycles. The molecule has 34 heavy (non-hydrogen) atoms. The van der Waals surface area contributed by atoms with Crippen molar-refractivity contribution in [2.45, 2.75) is 6.18 Å². The minimum Gasteiger partial charge on any atom is -0.484 e. The molecule has 3 aromatic carbocycles. The van der Waals surface area contributed by atoms with E-state index in [9.17, 15) is 28.1 Å². The molecule has 0 aromatic heterocycles. The number of carbonyl (C=O) groups excluding carboxylic acids is 1. The van der Waals surface area contributed by atoms with E-state index in [1.54, 1.807) is 17.0 Å². The van der Waals surface area contributed by atoms with Crippen LogP contribution in [-0.4, -0.2) is 48.5 Å². The molecule has 7 nitrogen and oxygen atoms in total. The zero-order chi connectivity index (χ0) is 24.5. The number of piperazine rings is 1. The van der Waals surface area contributed by atoms with Crippen LogP contribution in [-0.2, 0) is 11.0 Å². The highest BCUT2D eigenvalue weighted by Crippen LogP contribution is 2.41. The van der Waals surface area contributed by atoms with Gasteiger partial charge in [0.2, 0.25) is 0 Å². The summed E-state index contributed by atoms with van der Waals surface area (Å²) in [6.07, 6.45) is -4.93. The lowest BCUT2D eigenvalue weighted by Gasteiger charge is -2.36. The average molecular weight is 494 g/mol. The monoisotopic (exact) mass is 493 g/mol. The highest BCUT2D eigenvalue weighted by atomic mass is 35.5. The SMILES string of the molecule is O=C(COc1ccc2ccc([N+](=O)[O-])c(C(F)(F)F)c2c1)N1CCN(c2ccc(Cl)cc2)CC1. The van der Waals surface area contributed by atoms with Crippen molar-refractivity contribution in [3.05, 3.63) is 75.3 Å². The smallest absolute Gasteiger partial charge is 0.423 e. The first-order chi connectivity index (χ1) is 16.1. The Labute approximate surface area is 197 Å². The van der Waals surface area contributed by atoms with Crippen LogP contribution in [0.2, 0.25) is 5.02 Å². The number of nitro groups is 1. The minimum absolute atomic E-state index is 0.0200. The topological polar surface area (TPSA) is 75.9 Å². The molecule has 0 spiro atoms. The molecule has 0 N–H and O–H groups in total. The minimum atomic E-state index is -4.93. The van der Waals surface area contributed by atoms with Gasteiger partial charge in [-0.15, -0.1) is 0 Å². The van der Waals surface area contributed by atoms with Gasteiger partial charge >= 0.3 is 6.18 Å². The Kier molecular flexibility index (Phi) is 6.52. The summed E-state index contributed by atoms with van der Waals surface area (Å²) in [7, 11) is 0. The molecule has 1 fully saturated rings. The Morgan fingerprint density at radius 3 is 2.29 bits per heavy atom. The number of hydrogen-bond donors (Lipinski definition) is 0. The number of nitrogens with zero attached hydrogens (tertiary/aromatic N) is 3. The highest BCUT2D eigenvalue weighted by molar-refractivity contribution is 6.30. The van der Waals surface area contributed by atoms with Crippen LogP contribution in [0.15, 0.2) is 54.6 Å². The summed E-state index contributed by atoms with van der Waals surface area (Å²) in [4.78, 5) is 26.4. The van der Waals surface area contributed by atoms with Crippen LogP contribution in [0.5, 0.6) is 5.75 Å². The van der Waals surface area contributed by atoms with Crippen LogP contribution in [0.3, 0.4) is 0 Å². The van der Waals surface area contributed by atoms with E-state index in [2.05, 4.69) is 4.90 Å². The normalized spacial score (nSPS) is 14.4. The maximum atomic E-state index is 13.6. The second-order valence-electron chi connectivity index (χ2n) is 7.73. The summed E-state index contributed by atoms with van der Waals surface area (Å²) in [5.74, 6) is -0.280. The van der Waals surface area contributed by atoms with Crippen LogP contribution in [0.25, 0.3) is 10.8 Å². The number of alkyl halides is 3. The van der Waals surface area contributed by atoms with Gasteiger partial charge in [0.1, 0.15) is 11.3 Å². The van der Waals surface area contributed by atoms with E-state index in [-0.39, 0.29) is 29.0 Å². The van der Waals surface area contributed by atoms with Gasteiger partial charge in [0, 0.05) is 48.3 Å². The first-order valence-electron chi connectivity index (χ1n) is 10.3. The van der Waals surface area contributed by atoms with Crippen LogP contribution < -0.4 is 9.64 Å². The van der Waals surface area contributed by atoms with Crippen molar-refractivity contribution in [3.63, 3.8) is 0 Å². The maximum absolute atomic E-state index is 13.6. The lowest BCUT2D eigenvalue weighted by Crippen LogP contribution is -2.50. The Bertz CT molecular complexity index is 1230. The fourth-order valence-corrected chi connectivity index (χ4v) is 4.06. The van der Waals surface area contributed by atoms with E-state index >= 15 is 0 Å². The van der Waals surface area contributed by atoms with Crippen LogP contribution in [0.1, 0.15) is 5.56 Å². The van der Waals surface area contributed by atoms with Crippen LogP contribution in [0, 0.1) is 10.1 Å². The largest absolute Gasteiger partial charge is 0.484 e. The van der Waals surface area contributed by atoms with Gasteiger partial charge in [0.15, 0.2) is 6.61 Å². The standard InChI is InChI=1S/C23H19ClF3N3O4/c24-16-3-5-17(6-4-16)28-9-11-29(12-10-28)21(31)14-34-18-7-1-15-2-8-20(30(32)33)22(19(15)13-18)23(25,26)27/h1-8,13H,9-12,14H2. The third-order valence-electron chi connectivity index (χ3n) is 5.64. The Hall–Kier alpha value is -3.53. The van der Waals surface area contributed by atoms with E-state index in [1.165, 1.54) is 18.2 Å². The molecule has 1 heterocycles. The van der Waals surface area contributed by atoms with Crippen LogP contribution in [0.4, 0.5) is 24.5 Å². The van der Waals surface area contributed by atoms with Gasteiger partial charge in [0.05, 0.1) is 4.92 Å². The summed E-state index contributed by atoms with van der Waals surface area (Å²) >= 11 is 5.91. The molecule has 178 valence electrons.